The van der Waals surface area contributed by atoms with E-state index in [4.69, 9.17) is 10.5 Å². The molecule has 0 bridgehead atoms. The van der Waals surface area contributed by atoms with Gasteiger partial charge in [-0.2, -0.15) is 0 Å². The summed E-state index contributed by atoms with van der Waals surface area (Å²) in [6.45, 7) is 3.01. The number of ether oxygens (including phenoxy) is 1. The first-order chi connectivity index (χ1) is 8.69. The summed E-state index contributed by atoms with van der Waals surface area (Å²) >= 11 is 0. The normalized spacial score (nSPS) is 29.0. The number of benzene rings is 1. The zero-order valence-electron chi connectivity index (χ0n) is 11.2. The van der Waals surface area contributed by atoms with Crippen LogP contribution >= 0.6 is 0 Å². The molecule has 98 valence electrons. The van der Waals surface area contributed by atoms with Crippen LogP contribution in [0.25, 0.3) is 0 Å². The van der Waals surface area contributed by atoms with Crippen LogP contribution in [0.3, 0.4) is 0 Å². The van der Waals surface area contributed by atoms with E-state index in [1.165, 1.54) is 42.4 Å². The first-order valence-corrected chi connectivity index (χ1v) is 7.20. The molecule has 2 heteroatoms. The van der Waals surface area contributed by atoms with Gasteiger partial charge in [0.1, 0.15) is 0 Å². The average Bonchev–Trinajstić information content (AvgIpc) is 2.85. The average molecular weight is 245 g/mol. The fourth-order valence-corrected chi connectivity index (χ4v) is 3.35. The smallest absolute Gasteiger partial charge is 0.0847 e. The van der Waals surface area contributed by atoms with Crippen molar-refractivity contribution >= 4 is 0 Å². The zero-order chi connectivity index (χ0) is 12.6. The number of rotatable bonds is 2. The second-order valence-electron chi connectivity index (χ2n) is 5.98. The van der Waals surface area contributed by atoms with Crippen LogP contribution in [-0.4, -0.2) is 12.2 Å². The Balaban J connectivity index is 1.87. The Kier molecular flexibility index (Phi) is 3.16. The minimum Gasteiger partial charge on any atom is -0.373 e. The van der Waals surface area contributed by atoms with E-state index in [1.54, 1.807) is 0 Å². The molecule has 1 aromatic carbocycles. The molecule has 1 fully saturated rings. The lowest BCUT2D eigenvalue weighted by Gasteiger charge is -2.31. The standard InChI is InChI=1S/C16H23NO/c1-16(9-4-10-18-16)15(17)14-8-7-12-5-2-3-6-13(12)11-14/h7-8,11,15H,2-6,9-10,17H2,1H3. The summed E-state index contributed by atoms with van der Waals surface area (Å²) in [5, 5.41) is 0. The molecule has 18 heavy (non-hydrogen) atoms. The van der Waals surface area contributed by atoms with Gasteiger partial charge in [0.2, 0.25) is 0 Å². The van der Waals surface area contributed by atoms with E-state index in [0.29, 0.717) is 0 Å². The maximum atomic E-state index is 6.44. The van der Waals surface area contributed by atoms with E-state index in [2.05, 4.69) is 25.1 Å². The third kappa shape index (κ3) is 2.08. The number of fused-ring (bicyclic) bond motifs is 1. The van der Waals surface area contributed by atoms with E-state index in [-0.39, 0.29) is 11.6 Å². The fraction of sp³-hybridized carbons (Fsp3) is 0.625. The van der Waals surface area contributed by atoms with Crippen molar-refractivity contribution in [2.75, 3.05) is 6.61 Å². The second-order valence-corrected chi connectivity index (χ2v) is 5.98. The Labute approximate surface area is 110 Å². The number of nitrogens with two attached hydrogens (primary N) is 1. The molecule has 2 nitrogen and oxygen atoms in total. The number of hydrogen-bond acceptors (Lipinski definition) is 2. The van der Waals surface area contributed by atoms with Gasteiger partial charge in [-0.1, -0.05) is 18.2 Å². The van der Waals surface area contributed by atoms with Crippen molar-refractivity contribution in [3.05, 3.63) is 34.9 Å². The molecule has 0 aromatic heterocycles. The van der Waals surface area contributed by atoms with E-state index >= 15 is 0 Å². The molecule has 1 aliphatic heterocycles. The first-order valence-electron chi connectivity index (χ1n) is 7.20. The highest BCUT2D eigenvalue weighted by Crippen LogP contribution is 2.36. The summed E-state index contributed by atoms with van der Waals surface area (Å²) in [4.78, 5) is 0. The van der Waals surface area contributed by atoms with E-state index in [9.17, 15) is 0 Å². The molecule has 2 unspecified atom stereocenters. The molecule has 2 atom stereocenters. The van der Waals surface area contributed by atoms with Crippen molar-refractivity contribution in [1.29, 1.82) is 0 Å². The van der Waals surface area contributed by atoms with Crippen molar-refractivity contribution in [2.24, 2.45) is 5.73 Å². The van der Waals surface area contributed by atoms with E-state index in [1.807, 2.05) is 0 Å². The zero-order valence-corrected chi connectivity index (χ0v) is 11.2. The number of aryl methyl sites for hydroxylation is 2. The van der Waals surface area contributed by atoms with Gasteiger partial charge in [-0.25, -0.2) is 0 Å². The summed E-state index contributed by atoms with van der Waals surface area (Å²) in [7, 11) is 0. The molecule has 2 aliphatic rings. The molecule has 1 aromatic rings. The lowest BCUT2D eigenvalue weighted by molar-refractivity contribution is -0.00175. The Bertz CT molecular complexity index is 435. The second kappa shape index (κ2) is 4.67. The van der Waals surface area contributed by atoms with Crippen molar-refractivity contribution in [3.63, 3.8) is 0 Å². The summed E-state index contributed by atoms with van der Waals surface area (Å²) < 4.78 is 5.88. The van der Waals surface area contributed by atoms with Crippen LogP contribution in [0, 0.1) is 0 Å². The molecular weight excluding hydrogens is 222 g/mol. The van der Waals surface area contributed by atoms with Gasteiger partial charge in [0.15, 0.2) is 0 Å². The van der Waals surface area contributed by atoms with Gasteiger partial charge >= 0.3 is 0 Å². The van der Waals surface area contributed by atoms with Gasteiger partial charge in [-0.3, -0.25) is 0 Å². The molecule has 0 amide bonds. The van der Waals surface area contributed by atoms with E-state index < -0.39 is 0 Å². The van der Waals surface area contributed by atoms with Crippen LogP contribution in [-0.2, 0) is 17.6 Å². The van der Waals surface area contributed by atoms with Gasteiger partial charge in [0.05, 0.1) is 11.6 Å². The molecular formula is C16H23NO. The largest absolute Gasteiger partial charge is 0.373 e. The van der Waals surface area contributed by atoms with Crippen LogP contribution in [0.1, 0.15) is 55.3 Å². The molecule has 3 rings (SSSR count). The highest BCUT2D eigenvalue weighted by Gasteiger charge is 2.37. The highest BCUT2D eigenvalue weighted by molar-refractivity contribution is 5.36. The van der Waals surface area contributed by atoms with Gasteiger partial charge in [0.25, 0.3) is 0 Å². The number of hydrogen-bond donors (Lipinski definition) is 1. The summed E-state index contributed by atoms with van der Waals surface area (Å²) in [5.41, 5.74) is 10.6. The highest BCUT2D eigenvalue weighted by atomic mass is 16.5. The minimum absolute atomic E-state index is 0.00669. The quantitative estimate of drug-likeness (QED) is 0.868. The van der Waals surface area contributed by atoms with Crippen LogP contribution in [0.2, 0.25) is 0 Å². The summed E-state index contributed by atoms with van der Waals surface area (Å²) in [6, 6.07) is 6.82. The van der Waals surface area contributed by atoms with Crippen molar-refractivity contribution in [2.45, 2.75) is 57.1 Å². The first kappa shape index (κ1) is 12.2. The van der Waals surface area contributed by atoms with Gasteiger partial charge in [-0.05, 0) is 62.1 Å². The summed E-state index contributed by atoms with van der Waals surface area (Å²) in [6.07, 6.45) is 7.31. The van der Waals surface area contributed by atoms with Gasteiger partial charge < -0.3 is 10.5 Å². The monoisotopic (exact) mass is 245 g/mol. The lowest BCUT2D eigenvalue weighted by atomic mass is 9.84. The Morgan fingerprint density at radius 2 is 1.94 bits per heavy atom. The lowest BCUT2D eigenvalue weighted by Crippen LogP contribution is -2.37. The fourth-order valence-electron chi connectivity index (χ4n) is 3.35. The molecule has 2 N–H and O–H groups in total. The van der Waals surface area contributed by atoms with Crippen molar-refractivity contribution in [1.82, 2.24) is 0 Å². The Morgan fingerprint density at radius 1 is 1.17 bits per heavy atom. The Hall–Kier alpha value is -0.860. The van der Waals surface area contributed by atoms with Gasteiger partial charge in [0, 0.05) is 6.61 Å². The minimum atomic E-state index is -0.164. The summed E-state index contributed by atoms with van der Waals surface area (Å²) in [5.74, 6) is 0. The molecule has 1 aliphatic carbocycles. The third-order valence-corrected chi connectivity index (χ3v) is 4.64. The van der Waals surface area contributed by atoms with Crippen molar-refractivity contribution < 1.29 is 4.74 Å². The third-order valence-electron chi connectivity index (χ3n) is 4.64. The van der Waals surface area contributed by atoms with Crippen LogP contribution in [0.15, 0.2) is 18.2 Å². The molecule has 0 radical (unpaired) electrons. The van der Waals surface area contributed by atoms with Gasteiger partial charge in [-0.15, -0.1) is 0 Å². The Morgan fingerprint density at radius 3 is 2.67 bits per heavy atom. The van der Waals surface area contributed by atoms with E-state index in [0.717, 1.165) is 19.4 Å². The predicted molar refractivity (Wildman–Crippen MR) is 73.6 cm³/mol. The molecule has 1 heterocycles. The SMILES string of the molecule is CC1(C(N)c2ccc3c(c2)CCCC3)CCCO1. The van der Waals surface area contributed by atoms with Crippen molar-refractivity contribution in [3.8, 4) is 0 Å². The van der Waals surface area contributed by atoms with Crippen LogP contribution < -0.4 is 5.73 Å². The predicted octanol–water partition coefficient (Wildman–Crippen LogP) is 3.13. The topological polar surface area (TPSA) is 35.2 Å². The molecule has 0 saturated carbocycles. The molecule has 0 spiro atoms. The van der Waals surface area contributed by atoms with Crippen LogP contribution in [0.5, 0.6) is 0 Å². The van der Waals surface area contributed by atoms with Crippen LogP contribution in [0.4, 0.5) is 0 Å². The molecule has 1 saturated heterocycles. The maximum absolute atomic E-state index is 6.44. The maximum Gasteiger partial charge on any atom is 0.0847 e.